The third kappa shape index (κ3) is 6.03. The second-order valence-electron chi connectivity index (χ2n) is 8.88. The average molecular weight is 455 g/mol. The minimum Gasteiger partial charge on any atom is -0.489 e. The van der Waals surface area contributed by atoms with Gasteiger partial charge in [0.2, 0.25) is 0 Å². The molecular formula is C25H30N2O6. The van der Waals surface area contributed by atoms with Crippen LogP contribution in [0.5, 0.6) is 5.75 Å². The molecule has 1 saturated heterocycles. The van der Waals surface area contributed by atoms with E-state index in [0.717, 1.165) is 5.56 Å². The molecule has 1 aliphatic heterocycles. The molecule has 0 bridgehead atoms. The number of methoxy groups -OCH3 is 1. The van der Waals surface area contributed by atoms with Gasteiger partial charge < -0.3 is 24.4 Å². The Morgan fingerprint density at radius 2 is 1.73 bits per heavy atom. The number of hydrogen-bond donors (Lipinski definition) is 1. The van der Waals surface area contributed by atoms with Gasteiger partial charge in [0, 0.05) is 13.0 Å². The molecule has 1 N–H and O–H groups in total. The van der Waals surface area contributed by atoms with Gasteiger partial charge in [-0.3, -0.25) is 9.59 Å². The molecule has 8 nitrogen and oxygen atoms in total. The number of nitrogens with one attached hydrogen (secondary N) is 1. The molecule has 2 aromatic carbocycles. The molecular weight excluding hydrogens is 424 g/mol. The number of benzene rings is 2. The number of carbonyl (C=O) groups excluding carboxylic acids is 3. The van der Waals surface area contributed by atoms with Crippen LogP contribution in [-0.2, 0) is 31.2 Å². The highest BCUT2D eigenvalue weighted by molar-refractivity contribution is 5.95. The molecule has 0 aromatic heterocycles. The first kappa shape index (κ1) is 24.1. The van der Waals surface area contributed by atoms with E-state index >= 15 is 0 Å². The van der Waals surface area contributed by atoms with Crippen LogP contribution in [0, 0.1) is 0 Å². The van der Waals surface area contributed by atoms with Crippen molar-refractivity contribution in [3.8, 4) is 5.75 Å². The molecule has 176 valence electrons. The van der Waals surface area contributed by atoms with E-state index in [0.29, 0.717) is 17.9 Å². The Balaban J connectivity index is 1.82. The fraction of sp³-hybridized carbons (Fsp3) is 0.400. The van der Waals surface area contributed by atoms with Gasteiger partial charge in [-0.15, -0.1) is 0 Å². The predicted molar refractivity (Wildman–Crippen MR) is 121 cm³/mol. The fourth-order valence-electron chi connectivity index (χ4n) is 3.66. The van der Waals surface area contributed by atoms with Crippen LogP contribution >= 0.6 is 0 Å². The molecule has 2 amide bonds. The average Bonchev–Trinajstić information content (AvgIpc) is 3.08. The molecule has 3 rings (SSSR count). The van der Waals surface area contributed by atoms with Crippen LogP contribution in [0.1, 0.15) is 38.3 Å². The first-order chi connectivity index (χ1) is 15.6. The predicted octanol–water partition coefficient (Wildman–Crippen LogP) is 3.39. The quantitative estimate of drug-likeness (QED) is 0.645. The zero-order valence-electron chi connectivity index (χ0n) is 19.4. The normalized spacial score (nSPS) is 18.1. The van der Waals surface area contributed by atoms with Gasteiger partial charge in [-0.1, -0.05) is 42.5 Å². The Morgan fingerprint density at radius 1 is 1.06 bits per heavy atom. The molecule has 1 fully saturated rings. The topological polar surface area (TPSA) is 94.2 Å². The van der Waals surface area contributed by atoms with E-state index in [2.05, 4.69) is 5.32 Å². The van der Waals surface area contributed by atoms with Gasteiger partial charge in [-0.25, -0.2) is 4.79 Å². The third-order valence-electron chi connectivity index (χ3n) is 5.27. The van der Waals surface area contributed by atoms with E-state index in [1.54, 1.807) is 45.0 Å². The summed E-state index contributed by atoms with van der Waals surface area (Å²) in [6.45, 7) is 5.75. The van der Waals surface area contributed by atoms with Crippen molar-refractivity contribution in [2.45, 2.75) is 44.9 Å². The minimum atomic E-state index is -1.35. The number of esters is 1. The van der Waals surface area contributed by atoms with Crippen molar-refractivity contribution < 1.29 is 28.6 Å². The van der Waals surface area contributed by atoms with Crippen molar-refractivity contribution >= 4 is 18.0 Å². The molecule has 8 heteroatoms. The van der Waals surface area contributed by atoms with Crippen LogP contribution in [0.2, 0.25) is 0 Å². The van der Waals surface area contributed by atoms with Gasteiger partial charge in [-0.05, 0) is 44.0 Å². The number of hydrogen-bond acceptors (Lipinski definition) is 6. The molecule has 0 aliphatic carbocycles. The second kappa shape index (κ2) is 9.94. The van der Waals surface area contributed by atoms with Crippen molar-refractivity contribution in [1.29, 1.82) is 0 Å². The van der Waals surface area contributed by atoms with Gasteiger partial charge in [-0.2, -0.15) is 0 Å². The lowest BCUT2D eigenvalue weighted by atomic mass is 9.88. The van der Waals surface area contributed by atoms with E-state index in [9.17, 15) is 14.4 Å². The smallest absolute Gasteiger partial charge is 0.408 e. The largest absolute Gasteiger partial charge is 0.489 e. The Bertz CT molecular complexity index is 984. The van der Waals surface area contributed by atoms with Gasteiger partial charge in [0.05, 0.1) is 7.11 Å². The van der Waals surface area contributed by atoms with E-state index in [4.69, 9.17) is 14.2 Å². The van der Waals surface area contributed by atoms with Crippen molar-refractivity contribution in [2.24, 2.45) is 0 Å². The Morgan fingerprint density at radius 3 is 2.33 bits per heavy atom. The Kier molecular flexibility index (Phi) is 7.26. The van der Waals surface area contributed by atoms with Crippen LogP contribution in [0.25, 0.3) is 0 Å². The molecule has 0 spiro atoms. The summed E-state index contributed by atoms with van der Waals surface area (Å²) in [5, 5.41) is 2.77. The standard InChI is InChI=1S/C25H30N2O6/c1-24(2,3)33-23(30)26-25(14-15-27(22(25)29)16-21(28)31-4)19-10-12-20(13-11-19)32-17-18-8-6-5-7-9-18/h5-13H,14-17H2,1-4H3,(H,26,30). The van der Waals surface area contributed by atoms with E-state index in [1.165, 1.54) is 12.0 Å². The first-order valence-corrected chi connectivity index (χ1v) is 10.8. The van der Waals surface area contributed by atoms with E-state index in [-0.39, 0.29) is 19.5 Å². The summed E-state index contributed by atoms with van der Waals surface area (Å²) in [5.74, 6) is -0.287. The molecule has 33 heavy (non-hydrogen) atoms. The van der Waals surface area contributed by atoms with Crippen molar-refractivity contribution in [1.82, 2.24) is 10.2 Å². The maximum absolute atomic E-state index is 13.4. The highest BCUT2D eigenvalue weighted by Crippen LogP contribution is 2.35. The highest BCUT2D eigenvalue weighted by Gasteiger charge is 2.50. The summed E-state index contributed by atoms with van der Waals surface area (Å²) in [4.78, 5) is 39.2. The van der Waals surface area contributed by atoms with Crippen LogP contribution in [0.15, 0.2) is 54.6 Å². The molecule has 1 atom stereocenters. The Labute approximate surface area is 193 Å². The molecule has 1 heterocycles. The maximum Gasteiger partial charge on any atom is 0.408 e. The number of rotatable bonds is 7. The minimum absolute atomic E-state index is 0.189. The summed E-state index contributed by atoms with van der Waals surface area (Å²) < 4.78 is 15.9. The summed E-state index contributed by atoms with van der Waals surface area (Å²) >= 11 is 0. The monoisotopic (exact) mass is 454 g/mol. The Hall–Kier alpha value is -3.55. The lowest BCUT2D eigenvalue weighted by Crippen LogP contribution is -2.53. The summed E-state index contributed by atoms with van der Waals surface area (Å²) in [6.07, 6.45) is -0.424. The number of carbonyl (C=O) groups is 3. The molecule has 0 saturated carbocycles. The van der Waals surface area contributed by atoms with Crippen LogP contribution < -0.4 is 10.1 Å². The number of amides is 2. The second-order valence-corrected chi connectivity index (χ2v) is 8.88. The number of likely N-dealkylation sites (tertiary alicyclic amines) is 1. The van der Waals surface area contributed by atoms with Gasteiger partial charge >= 0.3 is 12.1 Å². The molecule has 1 unspecified atom stereocenters. The highest BCUT2D eigenvalue weighted by atomic mass is 16.6. The fourth-order valence-corrected chi connectivity index (χ4v) is 3.66. The van der Waals surface area contributed by atoms with Gasteiger partial charge in [0.25, 0.3) is 5.91 Å². The first-order valence-electron chi connectivity index (χ1n) is 10.8. The number of ether oxygens (including phenoxy) is 3. The number of nitrogens with zero attached hydrogens (tertiary/aromatic N) is 1. The van der Waals surface area contributed by atoms with Crippen LogP contribution in [0.3, 0.4) is 0 Å². The zero-order valence-corrected chi connectivity index (χ0v) is 19.4. The summed E-state index contributed by atoms with van der Waals surface area (Å²) in [6, 6.07) is 16.8. The van der Waals surface area contributed by atoms with Crippen molar-refractivity contribution in [3.05, 3.63) is 65.7 Å². The molecule has 2 aromatic rings. The van der Waals surface area contributed by atoms with Crippen molar-refractivity contribution in [2.75, 3.05) is 20.2 Å². The van der Waals surface area contributed by atoms with Gasteiger partial charge in [0.1, 0.15) is 30.0 Å². The van der Waals surface area contributed by atoms with Crippen LogP contribution in [0.4, 0.5) is 4.79 Å². The lowest BCUT2D eigenvalue weighted by Gasteiger charge is -2.31. The number of alkyl carbamates (subject to hydrolysis) is 1. The van der Waals surface area contributed by atoms with Crippen molar-refractivity contribution in [3.63, 3.8) is 0 Å². The SMILES string of the molecule is COC(=O)CN1CCC(NC(=O)OC(C)(C)C)(c2ccc(OCc3ccccc3)cc2)C1=O. The molecule has 1 aliphatic rings. The zero-order chi connectivity index (χ0) is 24.1. The lowest BCUT2D eigenvalue weighted by molar-refractivity contribution is -0.146. The summed E-state index contributed by atoms with van der Waals surface area (Å²) in [5.41, 5.74) is -0.464. The maximum atomic E-state index is 13.4. The van der Waals surface area contributed by atoms with E-state index in [1.807, 2.05) is 30.3 Å². The third-order valence-corrected chi connectivity index (χ3v) is 5.27. The molecule has 0 radical (unpaired) electrons. The van der Waals surface area contributed by atoms with Gasteiger partial charge in [0.15, 0.2) is 0 Å². The van der Waals surface area contributed by atoms with Crippen LogP contribution in [-0.4, -0.2) is 48.7 Å². The summed E-state index contributed by atoms with van der Waals surface area (Å²) in [7, 11) is 1.27. The van der Waals surface area contributed by atoms with E-state index < -0.39 is 29.1 Å².